The van der Waals surface area contributed by atoms with Crippen molar-refractivity contribution in [1.29, 1.82) is 0 Å². The van der Waals surface area contributed by atoms with E-state index in [4.69, 9.17) is 22.1 Å². The lowest BCUT2D eigenvalue weighted by Gasteiger charge is -2.08. The minimum Gasteiger partial charge on any atom is -0.457 e. The van der Waals surface area contributed by atoms with Gasteiger partial charge in [-0.05, 0) is 35.2 Å². The minimum absolute atomic E-state index is 0.226. The molecule has 110 valence electrons. The van der Waals surface area contributed by atoms with Crippen LogP contribution in [0.1, 0.15) is 41.3 Å². The normalized spacial score (nSPS) is 10.7. The van der Waals surface area contributed by atoms with E-state index in [0.29, 0.717) is 22.2 Å². The highest BCUT2D eigenvalue weighted by atomic mass is 35.5. The van der Waals surface area contributed by atoms with Gasteiger partial charge in [0.25, 0.3) is 0 Å². The molecule has 0 heterocycles. The van der Waals surface area contributed by atoms with Crippen molar-refractivity contribution in [2.45, 2.75) is 26.4 Å². The predicted octanol–water partition coefficient (Wildman–Crippen LogP) is 4.40. The van der Waals surface area contributed by atoms with Gasteiger partial charge in [-0.1, -0.05) is 49.7 Å². The van der Waals surface area contributed by atoms with E-state index in [1.54, 1.807) is 18.2 Å². The second-order valence-electron chi connectivity index (χ2n) is 5.25. The topological polar surface area (TPSA) is 52.3 Å². The first-order valence-electron chi connectivity index (χ1n) is 6.77. The van der Waals surface area contributed by atoms with Gasteiger partial charge in [-0.3, -0.25) is 0 Å². The number of anilines is 1. The summed E-state index contributed by atoms with van der Waals surface area (Å²) >= 11 is 5.87. The number of nitrogens with two attached hydrogens (primary N) is 1. The molecule has 4 heteroatoms. The zero-order valence-electron chi connectivity index (χ0n) is 12.1. The van der Waals surface area contributed by atoms with Crippen LogP contribution in [0.2, 0.25) is 5.02 Å². The number of esters is 1. The smallest absolute Gasteiger partial charge is 0.338 e. The third kappa shape index (κ3) is 4.23. The molecule has 2 rings (SSSR count). The van der Waals surface area contributed by atoms with E-state index in [0.717, 1.165) is 5.56 Å². The molecule has 0 aliphatic heterocycles. The number of ether oxygens (including phenoxy) is 1. The van der Waals surface area contributed by atoms with Gasteiger partial charge in [-0.25, -0.2) is 4.79 Å². The molecule has 0 aromatic heterocycles. The molecule has 0 bridgehead atoms. The van der Waals surface area contributed by atoms with Crippen molar-refractivity contribution in [3.05, 3.63) is 64.2 Å². The molecule has 0 unspecified atom stereocenters. The van der Waals surface area contributed by atoms with E-state index in [9.17, 15) is 4.79 Å². The molecule has 0 spiro atoms. The lowest BCUT2D eigenvalue weighted by molar-refractivity contribution is 0.0473. The van der Waals surface area contributed by atoms with Crippen LogP contribution < -0.4 is 5.73 Å². The summed E-state index contributed by atoms with van der Waals surface area (Å²) in [4.78, 5) is 12.0. The molecule has 2 N–H and O–H groups in total. The molecular weight excluding hydrogens is 286 g/mol. The van der Waals surface area contributed by atoms with Crippen molar-refractivity contribution in [2.75, 3.05) is 5.73 Å². The Morgan fingerprint density at radius 2 is 1.86 bits per heavy atom. The first kappa shape index (κ1) is 15.4. The van der Waals surface area contributed by atoms with E-state index < -0.39 is 5.97 Å². The van der Waals surface area contributed by atoms with Crippen LogP contribution in [0.5, 0.6) is 0 Å². The van der Waals surface area contributed by atoms with Gasteiger partial charge in [0.1, 0.15) is 6.61 Å². The summed E-state index contributed by atoms with van der Waals surface area (Å²) in [6, 6.07) is 12.7. The Kier molecular flexibility index (Phi) is 4.86. The zero-order chi connectivity index (χ0) is 15.4. The molecule has 0 aliphatic carbocycles. The van der Waals surface area contributed by atoms with Gasteiger partial charge in [0.2, 0.25) is 0 Å². The van der Waals surface area contributed by atoms with Crippen molar-refractivity contribution in [1.82, 2.24) is 0 Å². The Morgan fingerprint density at radius 1 is 1.19 bits per heavy atom. The van der Waals surface area contributed by atoms with Crippen molar-refractivity contribution in [2.24, 2.45) is 0 Å². The van der Waals surface area contributed by atoms with Crippen LogP contribution in [0, 0.1) is 0 Å². The van der Waals surface area contributed by atoms with Gasteiger partial charge in [-0.15, -0.1) is 0 Å². The Hall–Kier alpha value is -2.00. The maximum atomic E-state index is 12.0. The fraction of sp³-hybridized carbons (Fsp3) is 0.235. The predicted molar refractivity (Wildman–Crippen MR) is 85.5 cm³/mol. The van der Waals surface area contributed by atoms with Crippen molar-refractivity contribution >= 4 is 23.3 Å². The van der Waals surface area contributed by atoms with Crippen LogP contribution in [0.4, 0.5) is 5.69 Å². The lowest BCUT2D eigenvalue weighted by atomic mass is 10.0. The van der Waals surface area contributed by atoms with E-state index in [2.05, 4.69) is 13.8 Å². The summed E-state index contributed by atoms with van der Waals surface area (Å²) in [5.74, 6) is 0.0492. The number of nitrogen functional groups attached to an aromatic ring is 1. The number of hydrogen-bond donors (Lipinski definition) is 1. The third-order valence-electron chi connectivity index (χ3n) is 3.17. The van der Waals surface area contributed by atoms with Crippen molar-refractivity contribution < 1.29 is 9.53 Å². The summed E-state index contributed by atoms with van der Waals surface area (Å²) in [5, 5.41) is 0.420. The summed E-state index contributed by atoms with van der Waals surface area (Å²) < 4.78 is 5.27. The Bertz CT molecular complexity index is 615. The molecule has 0 saturated heterocycles. The fourth-order valence-electron chi connectivity index (χ4n) is 1.96. The number of halogens is 1. The van der Waals surface area contributed by atoms with Crippen LogP contribution in [-0.2, 0) is 11.3 Å². The summed E-state index contributed by atoms with van der Waals surface area (Å²) in [7, 11) is 0. The largest absolute Gasteiger partial charge is 0.457 e. The van der Waals surface area contributed by atoms with Crippen LogP contribution in [-0.4, -0.2) is 5.97 Å². The second kappa shape index (κ2) is 6.64. The van der Waals surface area contributed by atoms with Crippen molar-refractivity contribution in [3.8, 4) is 0 Å². The molecule has 0 atom stereocenters. The standard InChI is InChI=1S/C17H18ClNO2/c1-11(2)13-5-3-12(4-6-13)10-21-17(20)14-7-15(18)9-16(19)8-14/h3-9,11H,10,19H2,1-2H3. The van der Waals surface area contributed by atoms with Gasteiger partial charge in [0, 0.05) is 10.7 Å². The third-order valence-corrected chi connectivity index (χ3v) is 3.39. The summed E-state index contributed by atoms with van der Waals surface area (Å²) in [6.07, 6.45) is 0. The van der Waals surface area contributed by atoms with Gasteiger partial charge < -0.3 is 10.5 Å². The van der Waals surface area contributed by atoms with Crippen molar-refractivity contribution in [3.63, 3.8) is 0 Å². The molecule has 3 nitrogen and oxygen atoms in total. The summed E-state index contributed by atoms with van der Waals surface area (Å²) in [6.45, 7) is 4.50. The Morgan fingerprint density at radius 3 is 2.43 bits per heavy atom. The zero-order valence-corrected chi connectivity index (χ0v) is 12.9. The van der Waals surface area contributed by atoms with E-state index in [-0.39, 0.29) is 6.61 Å². The van der Waals surface area contributed by atoms with Crippen LogP contribution >= 0.6 is 11.6 Å². The molecule has 0 fully saturated rings. The van der Waals surface area contributed by atoms with E-state index >= 15 is 0 Å². The highest BCUT2D eigenvalue weighted by Gasteiger charge is 2.09. The lowest BCUT2D eigenvalue weighted by Crippen LogP contribution is -2.06. The van der Waals surface area contributed by atoms with Gasteiger partial charge >= 0.3 is 5.97 Å². The highest BCUT2D eigenvalue weighted by molar-refractivity contribution is 6.31. The number of carbonyl (C=O) groups is 1. The molecule has 2 aromatic rings. The molecule has 0 saturated carbocycles. The van der Waals surface area contributed by atoms with E-state index in [1.807, 2.05) is 24.3 Å². The fourth-order valence-corrected chi connectivity index (χ4v) is 2.20. The highest BCUT2D eigenvalue weighted by Crippen LogP contribution is 2.18. The average molecular weight is 304 g/mol. The molecule has 21 heavy (non-hydrogen) atoms. The second-order valence-corrected chi connectivity index (χ2v) is 5.68. The maximum absolute atomic E-state index is 12.0. The average Bonchev–Trinajstić information content (AvgIpc) is 2.44. The van der Waals surface area contributed by atoms with Crippen LogP contribution in [0.15, 0.2) is 42.5 Å². The Labute approximate surface area is 129 Å². The number of rotatable bonds is 4. The molecular formula is C17H18ClNO2. The summed E-state index contributed by atoms with van der Waals surface area (Å²) in [5.41, 5.74) is 8.66. The maximum Gasteiger partial charge on any atom is 0.338 e. The number of carbonyl (C=O) groups excluding carboxylic acids is 1. The van der Waals surface area contributed by atoms with Crippen LogP contribution in [0.25, 0.3) is 0 Å². The molecule has 0 radical (unpaired) electrons. The molecule has 0 amide bonds. The van der Waals surface area contributed by atoms with Gasteiger partial charge in [0.05, 0.1) is 5.56 Å². The minimum atomic E-state index is -0.433. The SMILES string of the molecule is CC(C)c1ccc(COC(=O)c2cc(N)cc(Cl)c2)cc1. The first-order valence-corrected chi connectivity index (χ1v) is 7.15. The monoisotopic (exact) mass is 303 g/mol. The number of benzene rings is 2. The van der Waals surface area contributed by atoms with Crippen LogP contribution in [0.3, 0.4) is 0 Å². The van der Waals surface area contributed by atoms with E-state index in [1.165, 1.54) is 5.56 Å². The molecule has 0 aliphatic rings. The molecule has 2 aromatic carbocycles. The Balaban J connectivity index is 2.00. The quantitative estimate of drug-likeness (QED) is 0.672. The number of hydrogen-bond acceptors (Lipinski definition) is 3. The first-order chi connectivity index (χ1) is 9.95. The van der Waals surface area contributed by atoms with Gasteiger partial charge in [0.15, 0.2) is 0 Å². The van der Waals surface area contributed by atoms with Gasteiger partial charge in [-0.2, -0.15) is 0 Å².